The molecule has 2 fully saturated rings. The van der Waals surface area contributed by atoms with Gasteiger partial charge >= 0.3 is 0 Å². The average Bonchev–Trinajstić information content (AvgIpc) is 2.88. The minimum Gasteiger partial charge on any atom is -0.379 e. The third-order valence-electron chi connectivity index (χ3n) is 4.87. The quantitative estimate of drug-likeness (QED) is 0.765. The van der Waals surface area contributed by atoms with Crippen molar-refractivity contribution in [1.29, 1.82) is 0 Å². The summed E-state index contributed by atoms with van der Waals surface area (Å²) in [6, 6.07) is 0.763. The van der Waals surface area contributed by atoms with Crippen molar-refractivity contribution in [2.24, 2.45) is 5.41 Å². The predicted molar refractivity (Wildman–Crippen MR) is 84.2 cm³/mol. The van der Waals surface area contributed by atoms with E-state index in [1.54, 1.807) is 0 Å². The van der Waals surface area contributed by atoms with Gasteiger partial charge in [0.15, 0.2) is 0 Å². The molecule has 2 aliphatic rings. The third-order valence-corrected chi connectivity index (χ3v) is 4.87. The van der Waals surface area contributed by atoms with E-state index >= 15 is 0 Å². The lowest BCUT2D eigenvalue weighted by Crippen LogP contribution is -2.46. The van der Waals surface area contributed by atoms with Crippen molar-refractivity contribution in [2.45, 2.75) is 39.2 Å². The summed E-state index contributed by atoms with van der Waals surface area (Å²) in [6.45, 7) is 13.7. The van der Waals surface area contributed by atoms with Gasteiger partial charge in [-0.3, -0.25) is 4.90 Å². The second-order valence-electron chi connectivity index (χ2n) is 6.92. The highest BCUT2D eigenvalue weighted by Crippen LogP contribution is 2.27. The van der Waals surface area contributed by atoms with Gasteiger partial charge in [0.25, 0.3) is 0 Å². The minimum absolute atomic E-state index is 0.420. The molecule has 0 aromatic carbocycles. The van der Waals surface area contributed by atoms with Gasteiger partial charge in [-0.2, -0.15) is 0 Å². The number of morpholine rings is 1. The third kappa shape index (κ3) is 4.42. The van der Waals surface area contributed by atoms with E-state index < -0.39 is 0 Å². The summed E-state index contributed by atoms with van der Waals surface area (Å²) in [6.07, 6.45) is 3.92. The fourth-order valence-corrected chi connectivity index (χ4v) is 3.99. The van der Waals surface area contributed by atoms with Gasteiger partial charge in [0.05, 0.1) is 13.2 Å². The van der Waals surface area contributed by atoms with Gasteiger partial charge in [-0.25, -0.2) is 0 Å². The van der Waals surface area contributed by atoms with Crippen molar-refractivity contribution in [3.05, 3.63) is 0 Å². The van der Waals surface area contributed by atoms with Gasteiger partial charge in [0.2, 0.25) is 0 Å². The van der Waals surface area contributed by atoms with Crippen LogP contribution in [0.4, 0.5) is 0 Å². The molecule has 1 N–H and O–H groups in total. The molecule has 0 amide bonds. The largest absolute Gasteiger partial charge is 0.379 e. The first-order chi connectivity index (χ1) is 9.67. The zero-order chi connectivity index (χ0) is 14.4. The van der Waals surface area contributed by atoms with Gasteiger partial charge in [0, 0.05) is 38.8 Å². The standard InChI is InChI=1S/C16H33N3O/c1-4-6-16(2,13-17-3)14-18-7-5-15(12-18)19-8-10-20-11-9-19/h15,17H,4-14H2,1-3H3. The van der Waals surface area contributed by atoms with Gasteiger partial charge in [-0.15, -0.1) is 0 Å². The van der Waals surface area contributed by atoms with Gasteiger partial charge in [-0.05, 0) is 31.8 Å². The highest BCUT2D eigenvalue weighted by atomic mass is 16.5. The Morgan fingerprint density at radius 3 is 2.65 bits per heavy atom. The van der Waals surface area contributed by atoms with E-state index in [2.05, 4.69) is 36.0 Å². The van der Waals surface area contributed by atoms with Crippen LogP contribution in [0.3, 0.4) is 0 Å². The molecular formula is C16H33N3O. The minimum atomic E-state index is 0.420. The summed E-state index contributed by atoms with van der Waals surface area (Å²) in [4.78, 5) is 5.33. The molecule has 118 valence electrons. The first kappa shape index (κ1) is 16.2. The van der Waals surface area contributed by atoms with E-state index in [0.717, 1.165) is 38.9 Å². The first-order valence-electron chi connectivity index (χ1n) is 8.35. The molecule has 2 atom stereocenters. The Balaban J connectivity index is 1.81. The predicted octanol–water partition coefficient (Wildman–Crippen LogP) is 1.42. The molecular weight excluding hydrogens is 250 g/mol. The van der Waals surface area contributed by atoms with Gasteiger partial charge in [0.1, 0.15) is 0 Å². The molecule has 0 bridgehead atoms. The Labute approximate surface area is 124 Å². The number of ether oxygens (including phenoxy) is 1. The molecule has 4 heteroatoms. The van der Waals surface area contributed by atoms with E-state index in [-0.39, 0.29) is 0 Å². The van der Waals surface area contributed by atoms with Crippen molar-refractivity contribution < 1.29 is 4.74 Å². The lowest BCUT2D eigenvalue weighted by Gasteiger charge is -2.35. The zero-order valence-corrected chi connectivity index (χ0v) is 13.7. The fraction of sp³-hybridized carbons (Fsp3) is 1.00. The molecule has 0 radical (unpaired) electrons. The topological polar surface area (TPSA) is 27.7 Å². The number of hydrogen-bond donors (Lipinski definition) is 1. The van der Waals surface area contributed by atoms with Crippen LogP contribution in [0, 0.1) is 5.41 Å². The lowest BCUT2D eigenvalue weighted by atomic mass is 9.85. The molecule has 2 unspecified atom stereocenters. The normalized spacial score (nSPS) is 28.6. The average molecular weight is 283 g/mol. The number of likely N-dealkylation sites (tertiary alicyclic amines) is 1. The van der Waals surface area contributed by atoms with E-state index in [1.165, 1.54) is 38.9 Å². The highest BCUT2D eigenvalue weighted by Gasteiger charge is 2.33. The molecule has 0 saturated carbocycles. The SMILES string of the molecule is CCCC(C)(CNC)CN1CCC(N2CCOCC2)C1. The Morgan fingerprint density at radius 2 is 2.00 bits per heavy atom. The van der Waals surface area contributed by atoms with E-state index in [1.807, 2.05) is 0 Å². The maximum atomic E-state index is 5.47. The number of hydrogen-bond acceptors (Lipinski definition) is 4. The number of nitrogens with zero attached hydrogens (tertiary/aromatic N) is 2. The van der Waals surface area contributed by atoms with Crippen LogP contribution in [0.15, 0.2) is 0 Å². The Morgan fingerprint density at radius 1 is 1.25 bits per heavy atom. The molecule has 0 spiro atoms. The maximum Gasteiger partial charge on any atom is 0.0594 e. The Hall–Kier alpha value is -0.160. The second kappa shape index (κ2) is 7.74. The van der Waals surface area contributed by atoms with E-state index in [0.29, 0.717) is 5.41 Å². The maximum absolute atomic E-state index is 5.47. The van der Waals surface area contributed by atoms with E-state index in [9.17, 15) is 0 Å². The van der Waals surface area contributed by atoms with Crippen LogP contribution in [-0.2, 0) is 4.74 Å². The lowest BCUT2D eigenvalue weighted by molar-refractivity contribution is 0.0176. The van der Waals surface area contributed by atoms with Crippen LogP contribution in [0.2, 0.25) is 0 Å². The second-order valence-corrected chi connectivity index (χ2v) is 6.92. The fourth-order valence-electron chi connectivity index (χ4n) is 3.99. The van der Waals surface area contributed by atoms with Crippen LogP contribution in [0.5, 0.6) is 0 Å². The number of nitrogens with one attached hydrogen (secondary N) is 1. The molecule has 4 nitrogen and oxygen atoms in total. The molecule has 2 heterocycles. The van der Waals surface area contributed by atoms with Crippen LogP contribution < -0.4 is 5.32 Å². The van der Waals surface area contributed by atoms with Crippen LogP contribution in [0.1, 0.15) is 33.1 Å². The molecule has 0 aromatic rings. The smallest absolute Gasteiger partial charge is 0.0594 e. The Kier molecular flexibility index (Phi) is 6.27. The highest BCUT2D eigenvalue weighted by molar-refractivity contribution is 4.88. The van der Waals surface area contributed by atoms with E-state index in [4.69, 9.17) is 4.74 Å². The zero-order valence-electron chi connectivity index (χ0n) is 13.7. The summed E-state index contributed by atoms with van der Waals surface area (Å²) < 4.78 is 5.47. The van der Waals surface area contributed by atoms with Gasteiger partial charge in [-0.1, -0.05) is 20.3 Å². The summed E-state index contributed by atoms with van der Waals surface area (Å²) in [7, 11) is 2.08. The molecule has 2 aliphatic heterocycles. The molecule has 2 saturated heterocycles. The van der Waals surface area contributed by atoms with Crippen molar-refractivity contribution >= 4 is 0 Å². The molecule has 0 aromatic heterocycles. The Bertz CT molecular complexity index is 273. The monoisotopic (exact) mass is 283 g/mol. The summed E-state index contributed by atoms with van der Waals surface area (Å²) in [5.41, 5.74) is 0.420. The van der Waals surface area contributed by atoms with Crippen LogP contribution in [0.25, 0.3) is 0 Å². The van der Waals surface area contributed by atoms with Crippen molar-refractivity contribution in [1.82, 2.24) is 15.1 Å². The van der Waals surface area contributed by atoms with Crippen molar-refractivity contribution in [2.75, 3.05) is 59.5 Å². The molecule has 2 rings (SSSR count). The van der Waals surface area contributed by atoms with Crippen molar-refractivity contribution in [3.63, 3.8) is 0 Å². The van der Waals surface area contributed by atoms with Gasteiger partial charge < -0.3 is 15.0 Å². The van der Waals surface area contributed by atoms with Crippen LogP contribution in [-0.4, -0.2) is 75.4 Å². The number of rotatable bonds is 7. The summed E-state index contributed by atoms with van der Waals surface area (Å²) in [5.74, 6) is 0. The summed E-state index contributed by atoms with van der Waals surface area (Å²) >= 11 is 0. The van der Waals surface area contributed by atoms with Crippen LogP contribution >= 0.6 is 0 Å². The first-order valence-corrected chi connectivity index (χ1v) is 8.35. The molecule has 0 aliphatic carbocycles. The summed E-state index contributed by atoms with van der Waals surface area (Å²) in [5, 5.41) is 3.39. The van der Waals surface area contributed by atoms with Crippen molar-refractivity contribution in [3.8, 4) is 0 Å². The molecule has 20 heavy (non-hydrogen) atoms.